The summed E-state index contributed by atoms with van der Waals surface area (Å²) in [6.07, 6.45) is 9.52. The molecule has 0 aromatic heterocycles. The molecule has 2 fully saturated rings. The fourth-order valence-electron chi connectivity index (χ4n) is 3.24. The van der Waals surface area contributed by atoms with Gasteiger partial charge in [-0.25, -0.2) is 0 Å². The Kier molecular flexibility index (Phi) is 7.92. The Bertz CT molecular complexity index is 338. The fourth-order valence-corrected chi connectivity index (χ4v) is 6.26. The molecule has 0 bridgehead atoms. The molecule has 0 radical (unpaired) electrons. The van der Waals surface area contributed by atoms with E-state index >= 15 is 0 Å². The average molecular weight is 345 g/mol. The number of hydrogen-bond acceptors (Lipinski definition) is 4. The highest BCUT2D eigenvalue weighted by atomic mass is 33.1. The third kappa shape index (κ3) is 6.32. The molecule has 2 heterocycles. The molecule has 2 aliphatic rings. The van der Waals surface area contributed by atoms with Gasteiger partial charge in [-0.1, -0.05) is 34.4 Å². The Hall–Kier alpha value is 0.130. The van der Waals surface area contributed by atoms with Crippen molar-refractivity contribution >= 4 is 27.5 Å². The van der Waals surface area contributed by atoms with Crippen LogP contribution in [-0.4, -0.2) is 47.0 Å². The van der Waals surface area contributed by atoms with Crippen LogP contribution in [0.15, 0.2) is 0 Å². The molecule has 0 spiro atoms. The summed E-state index contributed by atoms with van der Waals surface area (Å²) < 4.78 is 0. The van der Waals surface area contributed by atoms with Crippen molar-refractivity contribution in [1.29, 1.82) is 0 Å². The summed E-state index contributed by atoms with van der Waals surface area (Å²) in [5, 5.41) is 4.00. The second kappa shape index (κ2) is 9.43. The minimum Gasteiger partial charge on any atom is -0.354 e. The second-order valence-corrected chi connectivity index (χ2v) is 10.00. The van der Waals surface area contributed by atoms with Crippen molar-refractivity contribution < 1.29 is 4.79 Å². The molecule has 1 N–H and O–H groups in total. The molecule has 0 aromatic rings. The van der Waals surface area contributed by atoms with E-state index in [4.69, 9.17) is 0 Å². The van der Waals surface area contributed by atoms with E-state index in [-0.39, 0.29) is 11.4 Å². The van der Waals surface area contributed by atoms with Gasteiger partial charge in [-0.05, 0) is 59.0 Å². The number of nitrogens with zero attached hydrogens (tertiary/aromatic N) is 1. The van der Waals surface area contributed by atoms with Crippen LogP contribution in [-0.2, 0) is 4.79 Å². The van der Waals surface area contributed by atoms with Gasteiger partial charge < -0.3 is 5.32 Å². The van der Waals surface area contributed by atoms with Gasteiger partial charge in [0, 0.05) is 29.5 Å². The van der Waals surface area contributed by atoms with Gasteiger partial charge in [0.2, 0.25) is 5.91 Å². The van der Waals surface area contributed by atoms with Gasteiger partial charge in [0.25, 0.3) is 0 Å². The summed E-state index contributed by atoms with van der Waals surface area (Å²) in [6.45, 7) is 7.65. The van der Waals surface area contributed by atoms with Gasteiger partial charge in [-0.15, -0.1) is 0 Å². The van der Waals surface area contributed by atoms with Crippen molar-refractivity contribution in [1.82, 2.24) is 10.2 Å². The van der Waals surface area contributed by atoms with E-state index in [1.54, 1.807) is 0 Å². The number of amides is 1. The molecule has 0 aliphatic carbocycles. The number of carbonyl (C=O) groups excluding carboxylic acids is 1. The lowest BCUT2D eigenvalue weighted by Gasteiger charge is -2.41. The average Bonchev–Trinajstić information content (AvgIpc) is 3.04. The third-order valence-electron chi connectivity index (χ3n) is 4.84. The minimum atomic E-state index is 0.0911. The van der Waals surface area contributed by atoms with Gasteiger partial charge >= 0.3 is 0 Å². The molecule has 2 rings (SSSR count). The smallest absolute Gasteiger partial charge is 0.220 e. The second-order valence-electron chi connectivity index (χ2n) is 7.21. The maximum absolute atomic E-state index is 12.0. The number of piperidine rings is 1. The summed E-state index contributed by atoms with van der Waals surface area (Å²) in [4.78, 5) is 14.6. The summed E-state index contributed by atoms with van der Waals surface area (Å²) in [5.74, 6) is 1.54. The molecule has 1 atom stereocenters. The molecule has 22 heavy (non-hydrogen) atoms. The van der Waals surface area contributed by atoms with Gasteiger partial charge in [0.1, 0.15) is 0 Å². The normalized spacial score (nSPS) is 23.6. The van der Waals surface area contributed by atoms with Crippen LogP contribution < -0.4 is 5.32 Å². The first-order valence-corrected chi connectivity index (χ1v) is 11.3. The highest BCUT2D eigenvalue weighted by molar-refractivity contribution is 8.77. The lowest BCUT2D eigenvalue weighted by Crippen LogP contribution is -2.53. The van der Waals surface area contributed by atoms with Crippen molar-refractivity contribution in [3.63, 3.8) is 0 Å². The molecule has 5 heteroatoms. The zero-order valence-corrected chi connectivity index (χ0v) is 15.9. The molecule has 1 amide bonds. The van der Waals surface area contributed by atoms with Gasteiger partial charge in [-0.3, -0.25) is 9.69 Å². The lowest BCUT2D eigenvalue weighted by molar-refractivity contribution is -0.121. The topological polar surface area (TPSA) is 32.3 Å². The fraction of sp³-hybridized carbons (Fsp3) is 0.941. The first-order chi connectivity index (χ1) is 10.6. The van der Waals surface area contributed by atoms with Gasteiger partial charge in [-0.2, -0.15) is 0 Å². The van der Waals surface area contributed by atoms with E-state index in [0.29, 0.717) is 6.42 Å². The summed E-state index contributed by atoms with van der Waals surface area (Å²) in [6, 6.07) is 0. The zero-order chi connectivity index (χ0) is 15.8. The standard InChI is InChI=1S/C17H32N2OS2/c1-17(2,19-11-6-3-7-12-19)14-18-16(20)9-5-4-8-15-10-13-21-22-15/h15H,3-14H2,1-2H3,(H,18,20). The Morgan fingerprint density at radius 3 is 2.68 bits per heavy atom. The number of carbonyl (C=O) groups is 1. The highest BCUT2D eigenvalue weighted by Gasteiger charge is 2.28. The van der Waals surface area contributed by atoms with Gasteiger partial charge in [0.15, 0.2) is 0 Å². The molecular weight excluding hydrogens is 312 g/mol. The van der Waals surface area contributed by atoms with Crippen LogP contribution in [0.2, 0.25) is 0 Å². The Morgan fingerprint density at radius 2 is 2.00 bits per heavy atom. The molecular formula is C17H32N2OS2. The molecule has 0 aromatic carbocycles. The van der Waals surface area contributed by atoms with E-state index in [9.17, 15) is 4.79 Å². The largest absolute Gasteiger partial charge is 0.354 e. The lowest BCUT2D eigenvalue weighted by atomic mass is 9.98. The van der Waals surface area contributed by atoms with E-state index in [0.717, 1.165) is 18.2 Å². The van der Waals surface area contributed by atoms with E-state index in [1.807, 2.05) is 21.6 Å². The van der Waals surface area contributed by atoms with Crippen LogP contribution in [0.1, 0.15) is 65.2 Å². The SMILES string of the molecule is CC(C)(CNC(=O)CCCCC1CCSS1)N1CCCCC1. The molecule has 2 aliphatic heterocycles. The predicted molar refractivity (Wildman–Crippen MR) is 99.4 cm³/mol. The summed E-state index contributed by atoms with van der Waals surface area (Å²) >= 11 is 0. The number of rotatable bonds is 8. The Balaban J connectivity index is 1.55. The van der Waals surface area contributed by atoms with Crippen molar-refractivity contribution in [2.24, 2.45) is 0 Å². The molecule has 2 saturated heterocycles. The van der Waals surface area contributed by atoms with Crippen LogP contribution in [0.5, 0.6) is 0 Å². The zero-order valence-electron chi connectivity index (χ0n) is 14.2. The first-order valence-electron chi connectivity index (χ1n) is 8.88. The summed E-state index contributed by atoms with van der Waals surface area (Å²) in [7, 11) is 4.04. The highest BCUT2D eigenvalue weighted by Crippen LogP contribution is 2.39. The first kappa shape index (κ1) is 18.5. The quantitative estimate of drug-likeness (QED) is 0.531. The Labute approximate surface area is 144 Å². The number of hydrogen-bond donors (Lipinski definition) is 1. The van der Waals surface area contributed by atoms with E-state index in [1.165, 1.54) is 57.4 Å². The Morgan fingerprint density at radius 1 is 1.23 bits per heavy atom. The predicted octanol–water partition coefficient (Wildman–Crippen LogP) is 4.08. The van der Waals surface area contributed by atoms with Crippen LogP contribution in [0, 0.1) is 0 Å². The minimum absolute atomic E-state index is 0.0911. The summed E-state index contributed by atoms with van der Waals surface area (Å²) in [5.41, 5.74) is 0.0911. The molecule has 128 valence electrons. The van der Waals surface area contributed by atoms with Crippen LogP contribution in [0.25, 0.3) is 0 Å². The maximum atomic E-state index is 12.0. The van der Waals surface area contributed by atoms with E-state index < -0.39 is 0 Å². The van der Waals surface area contributed by atoms with E-state index in [2.05, 4.69) is 24.1 Å². The van der Waals surface area contributed by atoms with Crippen molar-refractivity contribution in [2.45, 2.75) is 76.0 Å². The third-order valence-corrected chi connectivity index (χ3v) is 7.84. The van der Waals surface area contributed by atoms with Crippen molar-refractivity contribution in [2.75, 3.05) is 25.4 Å². The van der Waals surface area contributed by atoms with Crippen molar-refractivity contribution in [3.05, 3.63) is 0 Å². The molecule has 3 nitrogen and oxygen atoms in total. The molecule has 1 unspecified atom stereocenters. The van der Waals surface area contributed by atoms with Crippen LogP contribution >= 0.6 is 21.6 Å². The van der Waals surface area contributed by atoms with Gasteiger partial charge in [0.05, 0.1) is 0 Å². The monoisotopic (exact) mass is 344 g/mol. The number of nitrogens with one attached hydrogen (secondary N) is 1. The van der Waals surface area contributed by atoms with Crippen LogP contribution in [0.3, 0.4) is 0 Å². The number of likely N-dealkylation sites (tertiary alicyclic amines) is 1. The maximum Gasteiger partial charge on any atom is 0.220 e. The van der Waals surface area contributed by atoms with Crippen molar-refractivity contribution in [3.8, 4) is 0 Å². The number of unbranched alkanes of at least 4 members (excludes halogenated alkanes) is 1. The molecule has 0 saturated carbocycles. The van der Waals surface area contributed by atoms with Crippen LogP contribution in [0.4, 0.5) is 0 Å².